The third-order valence-electron chi connectivity index (χ3n) is 2.51. The Kier molecular flexibility index (Phi) is 3.57. The SMILES string of the molecule is CC(=O)c1nc(C2=CCN(C)C=C2)c(S(=O)(=O)O)s1. The number of Topliss-reactive ketones (excluding diaryl/α,β-unsaturated/α-hetero) is 1. The minimum atomic E-state index is -4.39. The Balaban J connectivity index is 2.57. The highest BCUT2D eigenvalue weighted by atomic mass is 32.3. The molecule has 0 radical (unpaired) electrons. The first-order chi connectivity index (χ1) is 8.79. The van der Waals surface area contributed by atoms with Crippen molar-refractivity contribution >= 4 is 32.8 Å². The molecule has 6 nitrogen and oxygen atoms in total. The predicted octanol–water partition coefficient (Wildman–Crippen LogP) is 1.43. The lowest BCUT2D eigenvalue weighted by Gasteiger charge is -2.16. The van der Waals surface area contributed by atoms with E-state index in [9.17, 15) is 17.8 Å². The Labute approximate surface area is 114 Å². The molecule has 1 aliphatic heterocycles. The number of nitrogens with zero attached hydrogens (tertiary/aromatic N) is 2. The van der Waals surface area contributed by atoms with Crippen molar-refractivity contribution in [2.45, 2.75) is 11.1 Å². The van der Waals surface area contributed by atoms with Gasteiger partial charge in [-0.25, -0.2) is 4.98 Å². The van der Waals surface area contributed by atoms with Gasteiger partial charge in [-0.05, 0) is 12.3 Å². The van der Waals surface area contributed by atoms with Crippen molar-refractivity contribution < 1.29 is 17.8 Å². The van der Waals surface area contributed by atoms with Gasteiger partial charge in [-0.1, -0.05) is 17.4 Å². The van der Waals surface area contributed by atoms with Gasteiger partial charge in [0.1, 0.15) is 5.69 Å². The number of carbonyl (C=O) groups is 1. The Bertz CT molecular complexity index is 686. The molecule has 1 aliphatic rings. The van der Waals surface area contributed by atoms with Gasteiger partial charge in [-0.15, -0.1) is 0 Å². The number of ketones is 1. The number of allylic oxidation sites excluding steroid dienone is 2. The maximum Gasteiger partial charge on any atom is 0.306 e. The second-order valence-electron chi connectivity index (χ2n) is 4.10. The summed E-state index contributed by atoms with van der Waals surface area (Å²) in [5, 5.41) is 0.0656. The van der Waals surface area contributed by atoms with E-state index in [1.165, 1.54) is 6.92 Å². The van der Waals surface area contributed by atoms with Gasteiger partial charge in [0.05, 0.1) is 0 Å². The van der Waals surface area contributed by atoms with Crippen LogP contribution in [0, 0.1) is 0 Å². The first kappa shape index (κ1) is 13.9. The summed E-state index contributed by atoms with van der Waals surface area (Å²) in [6.45, 7) is 1.90. The molecule has 1 aromatic rings. The smallest absolute Gasteiger partial charge is 0.306 e. The third kappa shape index (κ3) is 2.91. The van der Waals surface area contributed by atoms with E-state index in [0.29, 0.717) is 23.5 Å². The summed E-state index contributed by atoms with van der Waals surface area (Å²) in [5.74, 6) is -0.335. The summed E-state index contributed by atoms with van der Waals surface area (Å²) < 4.78 is 31.6. The highest BCUT2D eigenvalue weighted by molar-refractivity contribution is 7.88. The molecule has 102 valence electrons. The fourth-order valence-electron chi connectivity index (χ4n) is 1.57. The van der Waals surface area contributed by atoms with Crippen LogP contribution in [0.1, 0.15) is 22.4 Å². The fourth-order valence-corrected chi connectivity index (χ4v) is 3.35. The average molecular weight is 300 g/mol. The summed E-state index contributed by atoms with van der Waals surface area (Å²) in [5.41, 5.74) is 0.705. The zero-order chi connectivity index (χ0) is 14.2. The molecule has 2 rings (SSSR count). The molecule has 0 saturated carbocycles. The van der Waals surface area contributed by atoms with Crippen molar-refractivity contribution in [2.24, 2.45) is 0 Å². The molecule has 1 aromatic heterocycles. The number of aromatic nitrogens is 1. The number of thiazole rings is 1. The van der Waals surface area contributed by atoms with Crippen LogP contribution < -0.4 is 0 Å². The van der Waals surface area contributed by atoms with Gasteiger partial charge in [-0.3, -0.25) is 9.35 Å². The summed E-state index contributed by atoms with van der Waals surface area (Å²) in [6, 6.07) is 0. The average Bonchev–Trinajstić information content (AvgIpc) is 2.74. The molecule has 1 N–H and O–H groups in total. The molecule has 0 aromatic carbocycles. The first-order valence-electron chi connectivity index (χ1n) is 5.37. The van der Waals surface area contributed by atoms with Gasteiger partial charge < -0.3 is 4.90 Å². The topological polar surface area (TPSA) is 87.6 Å². The fraction of sp³-hybridized carbons (Fsp3) is 0.273. The number of hydrogen-bond donors (Lipinski definition) is 1. The van der Waals surface area contributed by atoms with E-state index in [0.717, 1.165) is 0 Å². The lowest BCUT2D eigenvalue weighted by atomic mass is 10.1. The lowest BCUT2D eigenvalue weighted by molar-refractivity contribution is 0.101. The number of carbonyl (C=O) groups excluding carboxylic acids is 1. The summed E-state index contributed by atoms with van der Waals surface area (Å²) in [7, 11) is -2.52. The van der Waals surface area contributed by atoms with Crippen molar-refractivity contribution in [3.8, 4) is 0 Å². The van der Waals surface area contributed by atoms with Crippen molar-refractivity contribution in [3.05, 3.63) is 29.1 Å². The standard InChI is InChI=1S/C11H12N2O4S2/c1-7(14)10-12-9(11(18-10)19(15,16)17)8-3-5-13(2)6-4-8/h3-5H,6H2,1-2H3,(H,15,16,17). The first-order valence-corrected chi connectivity index (χ1v) is 7.63. The largest absolute Gasteiger partial charge is 0.377 e. The van der Waals surface area contributed by atoms with E-state index in [2.05, 4.69) is 4.98 Å². The van der Waals surface area contributed by atoms with E-state index in [4.69, 9.17) is 0 Å². The molecule has 0 spiro atoms. The quantitative estimate of drug-likeness (QED) is 0.671. The number of rotatable bonds is 3. The maximum absolute atomic E-state index is 11.3. The van der Waals surface area contributed by atoms with E-state index >= 15 is 0 Å². The van der Waals surface area contributed by atoms with Crippen molar-refractivity contribution in [2.75, 3.05) is 13.6 Å². The zero-order valence-corrected chi connectivity index (χ0v) is 12.0. The minimum absolute atomic E-state index is 0.0656. The van der Waals surface area contributed by atoms with Gasteiger partial charge in [0.2, 0.25) is 0 Å². The highest BCUT2D eigenvalue weighted by Gasteiger charge is 2.25. The molecular weight excluding hydrogens is 288 g/mol. The molecule has 0 aliphatic carbocycles. The predicted molar refractivity (Wildman–Crippen MR) is 71.7 cm³/mol. The minimum Gasteiger partial charge on any atom is -0.377 e. The van der Waals surface area contributed by atoms with Gasteiger partial charge in [0.25, 0.3) is 0 Å². The molecule has 0 atom stereocenters. The third-order valence-corrected chi connectivity index (χ3v) is 5.01. The molecular formula is C11H12N2O4S2. The van der Waals surface area contributed by atoms with Crippen LogP contribution in [0.5, 0.6) is 0 Å². The second-order valence-corrected chi connectivity index (χ2v) is 6.72. The van der Waals surface area contributed by atoms with E-state index in [1.54, 1.807) is 18.4 Å². The van der Waals surface area contributed by atoms with Gasteiger partial charge in [0.15, 0.2) is 15.0 Å². The van der Waals surface area contributed by atoms with E-state index in [1.807, 2.05) is 11.9 Å². The van der Waals surface area contributed by atoms with Gasteiger partial charge in [0, 0.05) is 26.1 Å². The molecule has 0 amide bonds. The van der Waals surface area contributed by atoms with Crippen molar-refractivity contribution in [1.82, 2.24) is 9.88 Å². The van der Waals surface area contributed by atoms with Crippen molar-refractivity contribution in [3.63, 3.8) is 0 Å². The van der Waals surface area contributed by atoms with E-state index in [-0.39, 0.29) is 20.7 Å². The van der Waals surface area contributed by atoms with Crippen LogP contribution in [-0.4, -0.2) is 42.2 Å². The van der Waals surface area contributed by atoms with Crippen LogP contribution in [0.3, 0.4) is 0 Å². The summed E-state index contributed by atoms with van der Waals surface area (Å²) in [4.78, 5) is 17.2. The molecule has 0 fully saturated rings. The van der Waals surface area contributed by atoms with E-state index < -0.39 is 10.1 Å². The van der Waals surface area contributed by atoms with Crippen LogP contribution >= 0.6 is 11.3 Å². The normalized spacial score (nSPS) is 15.5. The number of likely N-dealkylation sites (N-methyl/N-ethyl adjacent to an activating group) is 1. The van der Waals surface area contributed by atoms with Gasteiger partial charge >= 0.3 is 10.1 Å². The van der Waals surface area contributed by atoms with Gasteiger partial charge in [-0.2, -0.15) is 8.42 Å². The summed E-state index contributed by atoms with van der Waals surface area (Å²) >= 11 is 0.682. The number of hydrogen-bond acceptors (Lipinski definition) is 6. The van der Waals surface area contributed by atoms with Crippen LogP contribution in [0.25, 0.3) is 5.57 Å². The highest BCUT2D eigenvalue weighted by Crippen LogP contribution is 2.31. The zero-order valence-electron chi connectivity index (χ0n) is 10.3. The molecule has 0 bridgehead atoms. The van der Waals surface area contributed by atoms with Crippen LogP contribution in [0.2, 0.25) is 0 Å². The second kappa shape index (κ2) is 4.87. The Morgan fingerprint density at radius 3 is 2.68 bits per heavy atom. The molecule has 8 heteroatoms. The Morgan fingerprint density at radius 2 is 2.21 bits per heavy atom. The summed E-state index contributed by atoms with van der Waals surface area (Å²) in [6.07, 6.45) is 5.25. The molecule has 2 heterocycles. The van der Waals surface area contributed by atoms with Crippen LogP contribution in [0.15, 0.2) is 22.6 Å². The molecule has 0 unspecified atom stereocenters. The lowest BCUT2D eigenvalue weighted by Crippen LogP contribution is -2.14. The molecule has 0 saturated heterocycles. The van der Waals surface area contributed by atoms with Crippen LogP contribution in [0.4, 0.5) is 0 Å². The van der Waals surface area contributed by atoms with Crippen molar-refractivity contribution in [1.29, 1.82) is 0 Å². The van der Waals surface area contributed by atoms with Crippen LogP contribution in [-0.2, 0) is 10.1 Å². The molecule has 19 heavy (non-hydrogen) atoms. The monoisotopic (exact) mass is 300 g/mol. The maximum atomic E-state index is 11.3. The Morgan fingerprint density at radius 1 is 1.53 bits per heavy atom. The Hall–Kier alpha value is -1.51.